The number of fused-ring (bicyclic) bond motifs is 2. The van der Waals surface area contributed by atoms with Gasteiger partial charge in [-0.1, -0.05) is 18.0 Å². The molecule has 2 saturated carbocycles. The van der Waals surface area contributed by atoms with Crippen molar-refractivity contribution in [2.24, 2.45) is 17.8 Å². The van der Waals surface area contributed by atoms with Crippen LogP contribution < -0.4 is 10.1 Å². The van der Waals surface area contributed by atoms with E-state index in [2.05, 4.69) is 5.32 Å². The van der Waals surface area contributed by atoms with Crippen molar-refractivity contribution < 1.29 is 19.1 Å². The van der Waals surface area contributed by atoms with Crippen molar-refractivity contribution in [3.63, 3.8) is 0 Å². The number of amides is 1. The number of rotatable bonds is 6. The predicted octanol–water partition coefficient (Wildman–Crippen LogP) is 4.05. The zero-order valence-corrected chi connectivity index (χ0v) is 15.3. The number of halogens is 1. The van der Waals surface area contributed by atoms with Gasteiger partial charge in [0.2, 0.25) is 0 Å². The summed E-state index contributed by atoms with van der Waals surface area (Å²) in [5, 5.41) is 3.19. The second kappa shape index (κ2) is 7.65. The van der Waals surface area contributed by atoms with E-state index in [1.807, 2.05) is 0 Å². The number of carbonyl (C=O) groups is 2. The predicted molar refractivity (Wildman–Crippen MR) is 95.7 cm³/mol. The number of hydrogen-bond acceptors (Lipinski definition) is 4. The van der Waals surface area contributed by atoms with Crippen molar-refractivity contribution in [2.75, 3.05) is 12.4 Å². The maximum atomic E-state index is 12.3. The Hall–Kier alpha value is -1.75. The maximum absolute atomic E-state index is 12.3. The Morgan fingerprint density at radius 2 is 2.12 bits per heavy atom. The first-order valence-corrected chi connectivity index (χ1v) is 9.18. The Morgan fingerprint density at radius 1 is 1.32 bits per heavy atom. The van der Waals surface area contributed by atoms with E-state index < -0.39 is 12.0 Å². The molecule has 25 heavy (non-hydrogen) atoms. The zero-order valence-electron chi connectivity index (χ0n) is 14.6. The molecule has 2 aliphatic rings. The van der Waals surface area contributed by atoms with E-state index in [-0.39, 0.29) is 5.97 Å². The van der Waals surface area contributed by atoms with Crippen LogP contribution in [-0.4, -0.2) is 25.1 Å². The fourth-order valence-electron chi connectivity index (χ4n) is 4.15. The number of carbonyl (C=O) groups excluding carboxylic acids is 2. The van der Waals surface area contributed by atoms with Crippen molar-refractivity contribution in [1.29, 1.82) is 0 Å². The Bertz CT molecular complexity index is 663. The highest BCUT2D eigenvalue weighted by molar-refractivity contribution is 6.31. The van der Waals surface area contributed by atoms with Gasteiger partial charge in [0.15, 0.2) is 6.10 Å². The van der Waals surface area contributed by atoms with Crippen molar-refractivity contribution in [2.45, 2.75) is 45.1 Å². The average Bonchev–Trinajstić information content (AvgIpc) is 3.17. The van der Waals surface area contributed by atoms with Crippen LogP contribution in [0.25, 0.3) is 0 Å². The van der Waals surface area contributed by atoms with E-state index in [0.717, 1.165) is 12.3 Å². The summed E-state index contributed by atoms with van der Waals surface area (Å²) < 4.78 is 10.5. The summed E-state index contributed by atoms with van der Waals surface area (Å²) in [5.41, 5.74) is 0.455. The lowest BCUT2D eigenvalue weighted by Crippen LogP contribution is -2.31. The third-order valence-electron chi connectivity index (χ3n) is 5.41. The molecule has 1 N–H and O–H groups in total. The van der Waals surface area contributed by atoms with Crippen molar-refractivity contribution >= 4 is 29.2 Å². The van der Waals surface area contributed by atoms with Crippen LogP contribution in [-0.2, 0) is 14.3 Å². The number of esters is 1. The van der Waals surface area contributed by atoms with E-state index in [4.69, 9.17) is 21.1 Å². The highest BCUT2D eigenvalue weighted by Gasteiger charge is 2.40. The Balaban J connectivity index is 1.52. The molecule has 0 saturated heterocycles. The van der Waals surface area contributed by atoms with Gasteiger partial charge in [-0.25, -0.2) is 0 Å². The third kappa shape index (κ3) is 4.27. The van der Waals surface area contributed by atoms with Crippen LogP contribution in [0.3, 0.4) is 0 Å². The highest BCUT2D eigenvalue weighted by atomic mass is 35.5. The van der Waals surface area contributed by atoms with E-state index in [9.17, 15) is 9.59 Å². The number of hydrogen-bond donors (Lipinski definition) is 1. The quantitative estimate of drug-likeness (QED) is 0.772. The third-order valence-corrected chi connectivity index (χ3v) is 5.65. The first-order chi connectivity index (χ1) is 12.0. The molecule has 4 atom stereocenters. The molecule has 6 heteroatoms. The second-order valence-corrected chi connectivity index (χ2v) is 7.54. The minimum Gasteiger partial charge on any atom is -0.495 e. The first-order valence-electron chi connectivity index (χ1n) is 8.80. The van der Waals surface area contributed by atoms with E-state index in [1.165, 1.54) is 26.4 Å². The van der Waals surface area contributed by atoms with Gasteiger partial charge in [-0.2, -0.15) is 0 Å². The molecule has 1 aromatic rings. The lowest BCUT2D eigenvalue weighted by Gasteiger charge is -2.21. The normalized spacial score (nSPS) is 25.5. The molecule has 0 heterocycles. The van der Waals surface area contributed by atoms with Crippen LogP contribution in [0, 0.1) is 17.8 Å². The fourth-order valence-corrected chi connectivity index (χ4v) is 4.32. The molecule has 1 amide bonds. The molecule has 0 radical (unpaired) electrons. The molecule has 0 aromatic heterocycles. The molecule has 5 nitrogen and oxygen atoms in total. The Kier molecular flexibility index (Phi) is 5.52. The van der Waals surface area contributed by atoms with Crippen molar-refractivity contribution in [1.82, 2.24) is 0 Å². The van der Waals surface area contributed by atoms with Gasteiger partial charge in [0.25, 0.3) is 5.91 Å². The van der Waals surface area contributed by atoms with Gasteiger partial charge in [0.1, 0.15) is 5.75 Å². The molecule has 2 bridgehead atoms. The summed E-state index contributed by atoms with van der Waals surface area (Å²) in [4.78, 5) is 24.5. The van der Waals surface area contributed by atoms with Gasteiger partial charge in [-0.05, 0) is 62.1 Å². The molecular weight excluding hydrogens is 342 g/mol. The van der Waals surface area contributed by atoms with Crippen LogP contribution in [0.4, 0.5) is 5.69 Å². The van der Waals surface area contributed by atoms with Crippen LogP contribution in [0.1, 0.15) is 39.0 Å². The minimum atomic E-state index is -0.866. The van der Waals surface area contributed by atoms with Crippen molar-refractivity contribution in [3.05, 3.63) is 23.2 Å². The Labute approximate surface area is 153 Å². The lowest BCUT2D eigenvalue weighted by atomic mass is 9.86. The highest BCUT2D eigenvalue weighted by Crippen LogP contribution is 2.49. The molecule has 2 fully saturated rings. The number of nitrogens with one attached hydrogen (secondary N) is 1. The summed E-state index contributed by atoms with van der Waals surface area (Å²) in [6.45, 7) is 1.57. The number of anilines is 1. The van der Waals surface area contributed by atoms with Gasteiger partial charge < -0.3 is 14.8 Å². The largest absolute Gasteiger partial charge is 0.495 e. The number of benzene rings is 1. The standard InChI is InChI=1S/C19H24ClNO4/c1-11(19(23)21-16-10-15(20)5-6-17(16)24-2)25-18(22)9-14-8-12-3-4-13(14)7-12/h5-6,10-14H,3-4,7-9H2,1-2H3,(H,21,23)/t11-,12+,13+,14+/m1/s1. The molecule has 2 aliphatic carbocycles. The monoisotopic (exact) mass is 365 g/mol. The second-order valence-electron chi connectivity index (χ2n) is 7.11. The van der Waals surface area contributed by atoms with Gasteiger partial charge in [0, 0.05) is 11.4 Å². The van der Waals surface area contributed by atoms with Gasteiger partial charge in [0.05, 0.1) is 12.8 Å². The molecule has 1 aromatic carbocycles. The van der Waals surface area contributed by atoms with Crippen LogP contribution >= 0.6 is 11.6 Å². The smallest absolute Gasteiger partial charge is 0.306 e. The SMILES string of the molecule is COc1ccc(Cl)cc1NC(=O)[C@@H](C)OC(=O)C[C@@H]1C[C@H]2CC[C@H]1C2. The van der Waals surface area contributed by atoms with Crippen LogP contribution in [0.15, 0.2) is 18.2 Å². The average molecular weight is 366 g/mol. The maximum Gasteiger partial charge on any atom is 0.306 e. The fraction of sp³-hybridized carbons (Fsp3) is 0.579. The van der Waals surface area contributed by atoms with E-state index in [0.29, 0.717) is 34.7 Å². The molecular formula is C19H24ClNO4. The van der Waals surface area contributed by atoms with Crippen LogP contribution in [0.2, 0.25) is 5.02 Å². The van der Waals surface area contributed by atoms with Gasteiger partial charge in [-0.15, -0.1) is 0 Å². The summed E-state index contributed by atoms with van der Waals surface area (Å²) in [5.74, 6) is 1.68. The summed E-state index contributed by atoms with van der Waals surface area (Å²) in [6, 6.07) is 4.95. The topological polar surface area (TPSA) is 64.6 Å². The van der Waals surface area contributed by atoms with Crippen molar-refractivity contribution in [3.8, 4) is 5.75 Å². The van der Waals surface area contributed by atoms with Gasteiger partial charge >= 0.3 is 5.97 Å². The number of methoxy groups -OCH3 is 1. The minimum absolute atomic E-state index is 0.293. The van der Waals surface area contributed by atoms with E-state index in [1.54, 1.807) is 25.1 Å². The lowest BCUT2D eigenvalue weighted by molar-refractivity contribution is -0.154. The zero-order chi connectivity index (χ0) is 18.0. The summed E-state index contributed by atoms with van der Waals surface area (Å²) in [7, 11) is 1.51. The number of ether oxygens (including phenoxy) is 2. The molecule has 3 rings (SSSR count). The molecule has 136 valence electrons. The summed E-state index contributed by atoms with van der Waals surface area (Å²) >= 11 is 5.95. The Morgan fingerprint density at radius 3 is 2.76 bits per heavy atom. The van der Waals surface area contributed by atoms with Gasteiger partial charge in [-0.3, -0.25) is 9.59 Å². The molecule has 0 aliphatic heterocycles. The van der Waals surface area contributed by atoms with E-state index >= 15 is 0 Å². The van der Waals surface area contributed by atoms with Crippen LogP contribution in [0.5, 0.6) is 5.75 Å². The molecule has 0 unspecified atom stereocenters. The first kappa shape index (κ1) is 18.1. The summed E-state index contributed by atoms with van der Waals surface area (Å²) in [6.07, 6.45) is 4.46. The molecule has 0 spiro atoms.